The van der Waals surface area contributed by atoms with Gasteiger partial charge in [-0.05, 0) is 72.4 Å². The maximum Gasteiger partial charge on any atom is 0.408 e. The number of rotatable bonds is 8. The smallest absolute Gasteiger partial charge is 0.408 e. The maximum atomic E-state index is 12.9. The van der Waals surface area contributed by atoms with Gasteiger partial charge in [0.25, 0.3) is 0 Å². The largest absolute Gasteiger partial charge is 0.444 e. The number of anilines is 1. The number of pyridine rings is 1. The summed E-state index contributed by atoms with van der Waals surface area (Å²) in [5.41, 5.74) is 4.26. The van der Waals surface area contributed by atoms with Crippen LogP contribution in [0, 0.1) is 20.8 Å². The molecule has 0 saturated heterocycles. The van der Waals surface area contributed by atoms with E-state index in [1.165, 1.54) is 0 Å². The lowest BCUT2D eigenvalue weighted by Gasteiger charge is -2.23. The van der Waals surface area contributed by atoms with Gasteiger partial charge in [0.1, 0.15) is 16.5 Å². The monoisotopic (exact) mass is 483 g/mol. The van der Waals surface area contributed by atoms with E-state index in [1.54, 1.807) is 27.0 Å². The molecule has 2 amide bonds. The van der Waals surface area contributed by atoms with E-state index in [0.717, 1.165) is 28.2 Å². The van der Waals surface area contributed by atoms with E-state index < -0.39 is 22.6 Å². The molecule has 0 radical (unpaired) electrons. The molecule has 2 rings (SSSR count). The van der Waals surface area contributed by atoms with Gasteiger partial charge in [-0.15, -0.1) is 23.2 Å². The topological polar surface area (TPSA) is 109 Å². The van der Waals surface area contributed by atoms with Crippen molar-refractivity contribution < 1.29 is 14.3 Å². The number of alkyl carbamates (subject to hydrolysis) is 1. The van der Waals surface area contributed by atoms with Crippen molar-refractivity contribution in [3.63, 3.8) is 0 Å². The minimum Gasteiger partial charge on any atom is -0.444 e. The van der Waals surface area contributed by atoms with Gasteiger partial charge in [-0.25, -0.2) is 4.79 Å². The van der Waals surface area contributed by atoms with E-state index in [2.05, 4.69) is 25.8 Å². The summed E-state index contributed by atoms with van der Waals surface area (Å²) in [6.07, 6.45) is 2.34. The van der Waals surface area contributed by atoms with Crippen molar-refractivity contribution in [3.8, 4) is 11.3 Å². The molecule has 10 heteroatoms. The normalized spacial score (nSPS) is 12.5. The van der Waals surface area contributed by atoms with Gasteiger partial charge in [-0.3, -0.25) is 14.9 Å². The minimum absolute atomic E-state index is 0.360. The summed E-state index contributed by atoms with van der Waals surface area (Å²) in [6.45, 7) is 11.0. The van der Waals surface area contributed by atoms with Gasteiger partial charge in [0.15, 0.2) is 0 Å². The highest BCUT2D eigenvalue weighted by atomic mass is 35.5. The summed E-state index contributed by atoms with van der Waals surface area (Å²) in [7, 11) is 0. The first-order chi connectivity index (χ1) is 14.9. The molecule has 32 heavy (non-hydrogen) atoms. The first kappa shape index (κ1) is 25.9. The number of nitrogens with one attached hydrogen (secondary N) is 3. The molecule has 0 spiro atoms. The summed E-state index contributed by atoms with van der Waals surface area (Å²) >= 11 is 11.6. The van der Waals surface area contributed by atoms with Crippen molar-refractivity contribution in [1.82, 2.24) is 20.5 Å². The van der Waals surface area contributed by atoms with Crippen LogP contribution in [0.1, 0.15) is 57.0 Å². The SMILES string of the molecule is Cc1cc(NC(=O)[C@H](CCCC(Cl)Cl)NC(=O)OC(C)(C)C)cnc1-c1c(C)n[nH]c1C. The zero-order chi connectivity index (χ0) is 24.1. The molecule has 0 aromatic carbocycles. The third-order valence-corrected chi connectivity index (χ3v) is 5.07. The summed E-state index contributed by atoms with van der Waals surface area (Å²) in [5, 5.41) is 12.6. The lowest BCUT2D eigenvalue weighted by atomic mass is 10.0. The quantitative estimate of drug-likeness (QED) is 0.446. The van der Waals surface area contributed by atoms with Crippen LogP contribution in [0.4, 0.5) is 10.5 Å². The van der Waals surface area contributed by atoms with Crippen LogP contribution in [-0.4, -0.2) is 43.7 Å². The van der Waals surface area contributed by atoms with E-state index >= 15 is 0 Å². The second-order valence-corrected chi connectivity index (χ2v) is 9.99. The van der Waals surface area contributed by atoms with Gasteiger partial charge in [-0.2, -0.15) is 5.10 Å². The number of aryl methyl sites for hydroxylation is 3. The van der Waals surface area contributed by atoms with Gasteiger partial charge >= 0.3 is 6.09 Å². The molecule has 8 nitrogen and oxygen atoms in total. The minimum atomic E-state index is -0.810. The maximum absolute atomic E-state index is 12.9. The zero-order valence-corrected chi connectivity index (χ0v) is 20.8. The summed E-state index contributed by atoms with van der Waals surface area (Å²) in [6, 6.07) is 1.03. The standard InChI is InChI=1S/C22H31Cl2N5O3/c1-12-10-15(11-25-19(12)18-13(2)28-29-14(18)3)26-20(30)16(8-7-9-17(23)24)27-21(31)32-22(4,5)6/h10-11,16-17H,7-9H2,1-6H3,(H,26,30)(H,27,31)(H,28,29)/t16-/m0/s1. The van der Waals surface area contributed by atoms with Gasteiger partial charge in [-0.1, -0.05) is 0 Å². The van der Waals surface area contributed by atoms with Crippen LogP contribution in [0.3, 0.4) is 0 Å². The van der Waals surface area contributed by atoms with Crippen LogP contribution in [0.25, 0.3) is 11.3 Å². The van der Waals surface area contributed by atoms with Crippen molar-refractivity contribution in [3.05, 3.63) is 29.2 Å². The van der Waals surface area contributed by atoms with E-state index in [9.17, 15) is 9.59 Å². The lowest BCUT2D eigenvalue weighted by Crippen LogP contribution is -2.45. The Hall–Kier alpha value is -2.32. The van der Waals surface area contributed by atoms with Crippen LogP contribution in [0.2, 0.25) is 0 Å². The van der Waals surface area contributed by atoms with E-state index in [4.69, 9.17) is 27.9 Å². The number of hydrogen-bond acceptors (Lipinski definition) is 5. The van der Waals surface area contributed by atoms with Gasteiger partial charge in [0, 0.05) is 11.3 Å². The number of ether oxygens (including phenoxy) is 1. The Kier molecular flexibility index (Phi) is 8.92. The number of alkyl halides is 2. The van der Waals surface area contributed by atoms with Crippen LogP contribution in [0.15, 0.2) is 12.3 Å². The number of carbonyl (C=O) groups is 2. The Labute approximate surface area is 198 Å². The second kappa shape index (κ2) is 11.0. The first-order valence-corrected chi connectivity index (χ1v) is 11.3. The van der Waals surface area contributed by atoms with E-state index in [1.807, 2.05) is 26.8 Å². The Bertz CT molecular complexity index is 934. The Morgan fingerprint density at radius 2 is 1.88 bits per heavy atom. The van der Waals surface area contributed by atoms with Gasteiger partial charge in [0.2, 0.25) is 5.91 Å². The number of H-pyrrole nitrogens is 1. The molecule has 0 aliphatic carbocycles. The molecule has 0 fully saturated rings. The third kappa shape index (κ3) is 7.67. The Morgan fingerprint density at radius 1 is 1.19 bits per heavy atom. The fourth-order valence-corrected chi connectivity index (χ4v) is 3.54. The molecule has 2 aromatic rings. The van der Waals surface area contributed by atoms with Crippen LogP contribution in [0.5, 0.6) is 0 Å². The fourth-order valence-electron chi connectivity index (χ4n) is 3.23. The molecule has 0 bridgehead atoms. The number of carbonyl (C=O) groups excluding carboxylic acids is 2. The second-order valence-electron chi connectivity index (χ2n) is 8.71. The molecule has 1 atom stereocenters. The molecular formula is C22H31Cl2N5O3. The average molecular weight is 484 g/mol. The molecular weight excluding hydrogens is 453 g/mol. The molecule has 0 unspecified atom stereocenters. The number of hydrogen-bond donors (Lipinski definition) is 3. The molecule has 2 aromatic heterocycles. The Balaban J connectivity index is 2.14. The Morgan fingerprint density at radius 3 is 2.41 bits per heavy atom. The fraction of sp³-hybridized carbons (Fsp3) is 0.545. The van der Waals surface area contributed by atoms with Gasteiger partial charge < -0.3 is 15.4 Å². The van der Waals surface area contributed by atoms with E-state index in [0.29, 0.717) is 24.9 Å². The summed E-state index contributed by atoms with van der Waals surface area (Å²) in [5.74, 6) is -0.374. The number of aromatic amines is 1. The molecule has 0 saturated carbocycles. The number of halogens is 2. The van der Waals surface area contributed by atoms with E-state index in [-0.39, 0.29) is 5.91 Å². The van der Waals surface area contributed by atoms with Crippen LogP contribution >= 0.6 is 23.2 Å². The predicted molar refractivity (Wildman–Crippen MR) is 127 cm³/mol. The average Bonchev–Trinajstić information content (AvgIpc) is 2.98. The van der Waals surface area contributed by atoms with Crippen LogP contribution in [-0.2, 0) is 9.53 Å². The highest BCUT2D eigenvalue weighted by Gasteiger charge is 2.25. The summed E-state index contributed by atoms with van der Waals surface area (Å²) in [4.78, 5) is 29.2. The molecule has 176 valence electrons. The predicted octanol–water partition coefficient (Wildman–Crippen LogP) is 5.20. The molecule has 0 aliphatic rings. The molecule has 3 N–H and O–H groups in total. The van der Waals surface area contributed by atoms with Crippen molar-refractivity contribution >= 4 is 40.9 Å². The number of nitrogens with zero attached hydrogens (tertiary/aromatic N) is 2. The van der Waals surface area contributed by atoms with Crippen molar-refractivity contribution in [2.24, 2.45) is 0 Å². The van der Waals surface area contributed by atoms with Crippen molar-refractivity contribution in [2.75, 3.05) is 5.32 Å². The number of aromatic nitrogens is 3. The summed E-state index contributed by atoms with van der Waals surface area (Å²) < 4.78 is 5.29. The molecule has 0 aliphatic heterocycles. The van der Waals surface area contributed by atoms with Crippen LogP contribution < -0.4 is 10.6 Å². The number of amides is 2. The van der Waals surface area contributed by atoms with Crippen molar-refractivity contribution in [2.45, 2.75) is 77.3 Å². The first-order valence-electron chi connectivity index (χ1n) is 10.4. The highest BCUT2D eigenvalue weighted by Crippen LogP contribution is 2.28. The lowest BCUT2D eigenvalue weighted by molar-refractivity contribution is -0.118. The van der Waals surface area contributed by atoms with Crippen molar-refractivity contribution in [1.29, 1.82) is 0 Å². The highest BCUT2D eigenvalue weighted by molar-refractivity contribution is 6.44. The zero-order valence-electron chi connectivity index (χ0n) is 19.3. The van der Waals surface area contributed by atoms with Gasteiger partial charge in [0.05, 0.1) is 23.3 Å². The third-order valence-electron chi connectivity index (χ3n) is 4.63. The molecule has 2 heterocycles.